The number of rotatable bonds is 3. The molecule has 1 aromatic carbocycles. The van der Waals surface area contributed by atoms with Crippen molar-refractivity contribution in [2.75, 3.05) is 0 Å². The second-order valence-electron chi connectivity index (χ2n) is 7.37. The van der Waals surface area contributed by atoms with Gasteiger partial charge in [0.15, 0.2) is 5.79 Å². The zero-order valence-electron chi connectivity index (χ0n) is 15.0. The largest absolute Gasteiger partial charge is 0.339 e. The van der Waals surface area contributed by atoms with Crippen LogP contribution in [0.4, 0.5) is 4.39 Å². The third-order valence-corrected chi connectivity index (χ3v) is 5.90. The fraction of sp³-hybridized carbons (Fsp3) is 0.318. The summed E-state index contributed by atoms with van der Waals surface area (Å²) in [5, 5.41) is 4.54. The first kappa shape index (κ1) is 16.7. The number of nitrogens with zero attached hydrogens (tertiary/aromatic N) is 2. The topological polar surface area (TPSA) is 36.3 Å². The number of hydrogen-bond donors (Lipinski definition) is 0. The van der Waals surface area contributed by atoms with Crippen LogP contribution < -0.4 is 0 Å². The zero-order chi connectivity index (χ0) is 18.6. The lowest BCUT2D eigenvalue weighted by Crippen LogP contribution is -2.38. The maximum absolute atomic E-state index is 13.3. The maximum atomic E-state index is 13.3. The number of hydrogen-bond acceptors (Lipinski definition) is 3. The van der Waals surface area contributed by atoms with Gasteiger partial charge in [0.2, 0.25) is 0 Å². The summed E-state index contributed by atoms with van der Waals surface area (Å²) >= 11 is 0. The summed E-state index contributed by atoms with van der Waals surface area (Å²) in [6, 6.07) is 6.40. The van der Waals surface area contributed by atoms with Crippen molar-refractivity contribution in [3.05, 3.63) is 78.4 Å². The van der Waals surface area contributed by atoms with E-state index in [9.17, 15) is 4.39 Å². The molecule has 2 heterocycles. The molecule has 1 spiro atoms. The van der Waals surface area contributed by atoms with E-state index in [1.165, 1.54) is 17.7 Å². The molecule has 3 aliphatic rings. The van der Waals surface area contributed by atoms with E-state index in [1.54, 1.807) is 24.3 Å². The van der Waals surface area contributed by atoms with Crippen LogP contribution in [0.25, 0.3) is 11.8 Å². The number of fused-ring (bicyclic) bond motifs is 3. The molecule has 5 heteroatoms. The van der Waals surface area contributed by atoms with Crippen LogP contribution in [-0.2, 0) is 15.9 Å². The van der Waals surface area contributed by atoms with Crippen molar-refractivity contribution in [2.45, 2.75) is 37.3 Å². The van der Waals surface area contributed by atoms with Gasteiger partial charge in [-0.1, -0.05) is 17.7 Å². The van der Waals surface area contributed by atoms with Gasteiger partial charge in [-0.3, -0.25) is 0 Å². The van der Waals surface area contributed by atoms with Crippen molar-refractivity contribution >= 4 is 6.08 Å². The molecule has 27 heavy (non-hydrogen) atoms. The van der Waals surface area contributed by atoms with Crippen LogP contribution >= 0.6 is 0 Å². The summed E-state index contributed by atoms with van der Waals surface area (Å²) in [5.41, 5.74) is 4.38. The van der Waals surface area contributed by atoms with E-state index in [0.29, 0.717) is 0 Å². The second kappa shape index (κ2) is 6.01. The Morgan fingerprint density at radius 3 is 2.52 bits per heavy atom. The van der Waals surface area contributed by atoms with E-state index in [-0.39, 0.29) is 23.9 Å². The molecule has 2 fully saturated rings. The SMILES string of the molecule is C=C[C@H]1OC2(CCC3=Cc4c(cnn4-c4ccc(F)cc4)CC32)O[C@@H]1C=C. The van der Waals surface area contributed by atoms with Gasteiger partial charge in [0.05, 0.1) is 17.6 Å². The Morgan fingerprint density at radius 2 is 1.85 bits per heavy atom. The molecule has 138 valence electrons. The fourth-order valence-electron chi connectivity index (χ4n) is 4.56. The summed E-state index contributed by atoms with van der Waals surface area (Å²) in [5.74, 6) is -0.692. The van der Waals surface area contributed by atoms with Gasteiger partial charge in [-0.05, 0) is 48.7 Å². The third-order valence-electron chi connectivity index (χ3n) is 5.90. The van der Waals surface area contributed by atoms with E-state index in [2.05, 4.69) is 24.3 Å². The Kier molecular flexibility index (Phi) is 3.71. The molecule has 1 saturated heterocycles. The van der Waals surface area contributed by atoms with Crippen LogP contribution in [0.15, 0.2) is 61.3 Å². The normalized spacial score (nSPS) is 27.9. The molecule has 3 atom stereocenters. The second-order valence-corrected chi connectivity index (χ2v) is 7.37. The Labute approximate surface area is 157 Å². The summed E-state index contributed by atoms with van der Waals surface area (Å²) in [6.07, 6.45) is 9.92. The molecule has 1 saturated carbocycles. The molecule has 5 rings (SSSR count). The Morgan fingerprint density at radius 1 is 1.15 bits per heavy atom. The minimum Gasteiger partial charge on any atom is -0.339 e. The lowest BCUT2D eigenvalue weighted by atomic mass is 9.86. The van der Waals surface area contributed by atoms with Crippen LogP contribution in [0.2, 0.25) is 0 Å². The number of benzene rings is 1. The van der Waals surface area contributed by atoms with Crippen LogP contribution in [0.1, 0.15) is 24.1 Å². The van der Waals surface area contributed by atoms with Crippen LogP contribution in [0.5, 0.6) is 0 Å². The highest BCUT2D eigenvalue weighted by atomic mass is 19.1. The number of ether oxygens (including phenoxy) is 2. The van der Waals surface area contributed by atoms with E-state index in [4.69, 9.17) is 9.47 Å². The lowest BCUT2D eigenvalue weighted by molar-refractivity contribution is -0.188. The Balaban J connectivity index is 1.50. The number of aromatic nitrogens is 2. The molecule has 0 radical (unpaired) electrons. The van der Waals surface area contributed by atoms with Crippen LogP contribution in [0, 0.1) is 11.7 Å². The van der Waals surface area contributed by atoms with Crippen molar-refractivity contribution in [1.82, 2.24) is 9.78 Å². The predicted molar refractivity (Wildman–Crippen MR) is 101 cm³/mol. The molecule has 2 aromatic rings. The minimum atomic E-state index is -0.612. The maximum Gasteiger partial charge on any atom is 0.177 e. The van der Waals surface area contributed by atoms with E-state index in [0.717, 1.165) is 36.2 Å². The van der Waals surface area contributed by atoms with Gasteiger partial charge in [-0.15, -0.1) is 13.2 Å². The monoisotopic (exact) mass is 364 g/mol. The Bertz CT molecular complexity index is 928. The first-order valence-electron chi connectivity index (χ1n) is 9.27. The molecule has 4 nitrogen and oxygen atoms in total. The standard InChI is InChI=1S/C22H21FN2O2/c1-3-20-21(4-2)27-22(26-20)10-9-14-12-19-15(11-18(14)22)13-24-25(19)17-7-5-16(23)6-8-17/h3-8,12-13,18,20-21H,1-2,9-11H2/t18?,20-,21-/m1/s1. The fourth-order valence-corrected chi connectivity index (χ4v) is 4.56. The average Bonchev–Trinajstić information content (AvgIpc) is 3.37. The zero-order valence-corrected chi connectivity index (χ0v) is 15.0. The summed E-state index contributed by atoms with van der Waals surface area (Å²) < 4.78 is 27.8. The minimum absolute atomic E-state index is 0.162. The van der Waals surface area contributed by atoms with Gasteiger partial charge < -0.3 is 9.47 Å². The highest BCUT2D eigenvalue weighted by Crippen LogP contribution is 2.52. The highest BCUT2D eigenvalue weighted by Gasteiger charge is 2.56. The van der Waals surface area contributed by atoms with Gasteiger partial charge in [-0.25, -0.2) is 9.07 Å². The lowest BCUT2D eigenvalue weighted by Gasteiger charge is -2.32. The third kappa shape index (κ3) is 2.46. The predicted octanol–water partition coefficient (Wildman–Crippen LogP) is 4.21. The molecule has 0 bridgehead atoms. The molecule has 1 aliphatic heterocycles. The molecular formula is C22H21FN2O2. The van der Waals surface area contributed by atoms with Gasteiger partial charge in [0.25, 0.3) is 0 Å². The van der Waals surface area contributed by atoms with Gasteiger partial charge in [0, 0.05) is 12.3 Å². The molecule has 0 N–H and O–H groups in total. The first-order chi connectivity index (χ1) is 13.1. The van der Waals surface area contributed by atoms with Crippen molar-refractivity contribution in [2.24, 2.45) is 5.92 Å². The Hall–Kier alpha value is -2.50. The van der Waals surface area contributed by atoms with E-state index in [1.807, 2.05) is 10.9 Å². The van der Waals surface area contributed by atoms with Crippen LogP contribution in [0.3, 0.4) is 0 Å². The van der Waals surface area contributed by atoms with E-state index < -0.39 is 5.79 Å². The average molecular weight is 364 g/mol. The van der Waals surface area contributed by atoms with Crippen molar-refractivity contribution in [3.63, 3.8) is 0 Å². The van der Waals surface area contributed by atoms with Crippen molar-refractivity contribution in [1.29, 1.82) is 0 Å². The summed E-state index contributed by atoms with van der Waals surface area (Å²) in [7, 11) is 0. The first-order valence-corrected chi connectivity index (χ1v) is 9.27. The summed E-state index contributed by atoms with van der Waals surface area (Å²) in [4.78, 5) is 0. The van der Waals surface area contributed by atoms with Crippen molar-refractivity contribution in [3.8, 4) is 5.69 Å². The molecule has 2 aliphatic carbocycles. The van der Waals surface area contributed by atoms with Crippen molar-refractivity contribution < 1.29 is 13.9 Å². The van der Waals surface area contributed by atoms with E-state index >= 15 is 0 Å². The van der Waals surface area contributed by atoms with Gasteiger partial charge >= 0.3 is 0 Å². The summed E-state index contributed by atoms with van der Waals surface area (Å²) in [6.45, 7) is 7.74. The molecule has 1 unspecified atom stereocenters. The smallest absolute Gasteiger partial charge is 0.177 e. The quantitative estimate of drug-likeness (QED) is 0.766. The highest BCUT2D eigenvalue weighted by molar-refractivity contribution is 5.61. The number of halogens is 1. The molecule has 1 aromatic heterocycles. The molecular weight excluding hydrogens is 343 g/mol. The van der Waals surface area contributed by atoms with Crippen LogP contribution in [-0.4, -0.2) is 27.8 Å². The van der Waals surface area contributed by atoms with Gasteiger partial charge in [0.1, 0.15) is 18.0 Å². The van der Waals surface area contributed by atoms with Gasteiger partial charge in [-0.2, -0.15) is 5.10 Å². The molecule has 0 amide bonds.